The van der Waals surface area contributed by atoms with Crippen molar-refractivity contribution in [1.29, 1.82) is 0 Å². The number of carbonyl (C=O) groups is 3. The standard InChI is InChI=1S/C20H24N6O5S/c1-20(6-7-20)23-32(30,31)14-3-4-16-15(9-14)18(28)26(12-13-10-22-24(2)11-13)19(29)25(16)8-5-17(21)27/h3-4,9-11,14,23H,5-8,12H2,1-2H3,(H-,21,27)/p+1. The molecule has 1 saturated carbocycles. The second-order valence-corrected chi connectivity index (χ2v) is 10.4. The molecule has 1 atom stereocenters. The van der Waals surface area contributed by atoms with Crippen molar-refractivity contribution in [3.63, 3.8) is 0 Å². The molecule has 1 unspecified atom stereocenters. The van der Waals surface area contributed by atoms with Crippen LogP contribution in [0.5, 0.6) is 0 Å². The van der Waals surface area contributed by atoms with Crippen molar-refractivity contribution in [2.75, 3.05) is 6.54 Å². The number of hydrogen-bond acceptors (Lipinski definition) is 6. The first-order valence-electron chi connectivity index (χ1n) is 10.2. The molecular formula is C20H25N6O5S+. The average molecular weight is 462 g/mol. The van der Waals surface area contributed by atoms with Gasteiger partial charge in [-0.15, -0.1) is 0 Å². The Morgan fingerprint density at radius 3 is 2.69 bits per heavy atom. The Bertz CT molecular complexity index is 1200. The second kappa shape index (κ2) is 7.78. The smallest absolute Gasteiger partial charge is 0.370 e. The van der Waals surface area contributed by atoms with E-state index in [4.69, 9.17) is 5.73 Å². The normalized spacial score (nSPS) is 22.1. The van der Waals surface area contributed by atoms with Gasteiger partial charge >= 0.3 is 11.9 Å². The summed E-state index contributed by atoms with van der Waals surface area (Å²) in [5, 5.41) is 2.99. The highest BCUT2D eigenvalue weighted by molar-refractivity contribution is 7.90. The zero-order valence-corrected chi connectivity index (χ0v) is 18.6. The van der Waals surface area contributed by atoms with Gasteiger partial charge in [-0.05, 0) is 31.9 Å². The largest absolute Gasteiger partial charge is 0.501 e. The molecule has 2 aliphatic carbocycles. The van der Waals surface area contributed by atoms with Gasteiger partial charge in [-0.25, -0.2) is 17.9 Å². The summed E-state index contributed by atoms with van der Waals surface area (Å²) >= 11 is 0. The lowest BCUT2D eigenvalue weighted by atomic mass is 9.99. The van der Waals surface area contributed by atoms with Gasteiger partial charge in [0.05, 0.1) is 12.6 Å². The van der Waals surface area contributed by atoms with E-state index in [0.29, 0.717) is 5.56 Å². The van der Waals surface area contributed by atoms with E-state index < -0.39 is 38.7 Å². The summed E-state index contributed by atoms with van der Waals surface area (Å²) in [7, 11) is -2.06. The third kappa shape index (κ3) is 4.28. The van der Waals surface area contributed by atoms with Gasteiger partial charge in [0, 0.05) is 24.3 Å². The molecule has 3 aliphatic rings. The number of allylic oxidation sites excluding steroid dienone is 1. The molecule has 3 N–H and O–H groups in total. The monoisotopic (exact) mass is 461 g/mol. The predicted molar refractivity (Wildman–Crippen MR) is 114 cm³/mol. The topological polar surface area (TPSA) is 147 Å². The summed E-state index contributed by atoms with van der Waals surface area (Å²) in [4.78, 5) is 38.7. The summed E-state index contributed by atoms with van der Waals surface area (Å²) in [6.45, 7) is 1.75. The molecule has 1 aromatic heterocycles. The van der Waals surface area contributed by atoms with E-state index in [2.05, 4.69) is 9.82 Å². The van der Waals surface area contributed by atoms with Crippen molar-refractivity contribution < 1.29 is 27.4 Å². The number of hydrogen-bond donors (Lipinski definition) is 2. The van der Waals surface area contributed by atoms with Gasteiger partial charge in [0.25, 0.3) is 0 Å². The highest BCUT2D eigenvalue weighted by Crippen LogP contribution is 2.36. The van der Waals surface area contributed by atoms with Crippen LogP contribution < -0.4 is 10.5 Å². The van der Waals surface area contributed by atoms with Gasteiger partial charge < -0.3 is 5.73 Å². The number of sulfonamides is 1. The maximum absolute atomic E-state index is 13.3. The summed E-state index contributed by atoms with van der Waals surface area (Å²) in [5.74, 6) is -1.20. The van der Waals surface area contributed by atoms with Crippen LogP contribution in [0, 0.1) is 0 Å². The van der Waals surface area contributed by atoms with E-state index in [1.807, 2.05) is 6.92 Å². The van der Waals surface area contributed by atoms with Gasteiger partial charge in [-0.3, -0.25) is 9.48 Å². The number of carbonyl (C=O) groups excluding carboxylic acids is 3. The molecule has 0 bridgehead atoms. The molecule has 2 heterocycles. The molecule has 12 heteroatoms. The fourth-order valence-corrected chi connectivity index (χ4v) is 5.31. The Balaban J connectivity index is 1.71. The van der Waals surface area contributed by atoms with E-state index in [1.165, 1.54) is 29.0 Å². The molecule has 170 valence electrons. The van der Waals surface area contributed by atoms with E-state index in [9.17, 15) is 22.8 Å². The van der Waals surface area contributed by atoms with Gasteiger partial charge in [0.15, 0.2) is 0 Å². The number of aromatic nitrogens is 2. The molecular weight excluding hydrogens is 436 g/mol. The van der Waals surface area contributed by atoms with E-state index in [-0.39, 0.29) is 30.8 Å². The van der Waals surface area contributed by atoms with Crippen LogP contribution in [0.1, 0.15) is 31.7 Å². The zero-order chi connectivity index (χ0) is 23.3. The van der Waals surface area contributed by atoms with E-state index in [1.54, 1.807) is 17.9 Å². The molecule has 0 spiro atoms. The fourth-order valence-electron chi connectivity index (χ4n) is 3.69. The molecule has 11 nitrogen and oxygen atoms in total. The number of rotatable bonds is 8. The number of urea groups is 1. The number of nitrogens with two attached hydrogens (primary N) is 1. The first-order valence-corrected chi connectivity index (χ1v) is 11.7. The van der Waals surface area contributed by atoms with Crippen molar-refractivity contribution >= 4 is 33.6 Å². The van der Waals surface area contributed by atoms with Crippen LogP contribution in [-0.4, -0.2) is 68.6 Å². The number of imide groups is 1. The van der Waals surface area contributed by atoms with Crippen molar-refractivity contribution in [2.45, 2.75) is 43.5 Å². The average Bonchev–Trinajstić information content (AvgIpc) is 3.28. The highest BCUT2D eigenvalue weighted by atomic mass is 32.2. The first kappa shape index (κ1) is 22.1. The van der Waals surface area contributed by atoms with Gasteiger partial charge in [-0.2, -0.15) is 19.4 Å². The lowest BCUT2D eigenvalue weighted by Gasteiger charge is -2.26. The van der Waals surface area contributed by atoms with E-state index in [0.717, 1.165) is 17.7 Å². The molecule has 1 aromatic rings. The molecule has 0 saturated heterocycles. The Hall–Kier alpha value is -3.12. The maximum atomic E-state index is 13.3. The Morgan fingerprint density at radius 2 is 2.09 bits per heavy atom. The quantitative estimate of drug-likeness (QED) is 0.501. The Morgan fingerprint density at radius 1 is 1.38 bits per heavy atom. The van der Waals surface area contributed by atoms with Crippen LogP contribution in [0.15, 0.2) is 36.2 Å². The van der Waals surface area contributed by atoms with Crippen molar-refractivity contribution in [2.24, 2.45) is 12.8 Å². The molecule has 4 amide bonds. The number of nitrogens with zero attached hydrogens (tertiary/aromatic N) is 4. The van der Waals surface area contributed by atoms with Gasteiger partial charge in [-0.1, -0.05) is 6.08 Å². The van der Waals surface area contributed by atoms with Gasteiger partial charge in [0.2, 0.25) is 15.9 Å². The second-order valence-electron chi connectivity index (χ2n) is 8.56. The number of primary amides is 1. The fraction of sp³-hybridized carbons (Fsp3) is 0.450. The van der Waals surface area contributed by atoms with Crippen LogP contribution >= 0.6 is 0 Å². The molecule has 32 heavy (non-hydrogen) atoms. The van der Waals surface area contributed by atoms with Crippen LogP contribution in [-0.2, 0) is 33.2 Å². The number of aryl methyl sites for hydroxylation is 1. The summed E-state index contributed by atoms with van der Waals surface area (Å²) in [6.07, 6.45) is 8.85. The number of amides is 4. The van der Waals surface area contributed by atoms with Crippen LogP contribution in [0.4, 0.5) is 4.79 Å². The Kier molecular flexibility index (Phi) is 5.37. The molecule has 1 aliphatic heterocycles. The first-order chi connectivity index (χ1) is 15.0. The van der Waals surface area contributed by atoms with Crippen molar-refractivity contribution in [1.82, 2.24) is 19.4 Å². The van der Waals surface area contributed by atoms with Crippen molar-refractivity contribution in [3.8, 4) is 0 Å². The summed E-state index contributed by atoms with van der Waals surface area (Å²) < 4.78 is 31.2. The lowest BCUT2D eigenvalue weighted by molar-refractivity contribution is -0.435. The third-order valence-electron chi connectivity index (χ3n) is 5.71. The number of fused-ring (bicyclic) bond motifs is 1. The molecule has 4 rings (SSSR count). The summed E-state index contributed by atoms with van der Waals surface area (Å²) in [6, 6.07) is -0.609. The molecule has 0 aromatic carbocycles. The highest BCUT2D eigenvalue weighted by Gasteiger charge is 2.47. The SMILES string of the molecule is Cn1cc(CN2C(=O)C3=CC(S(=O)(=O)NC4(C)CC4)C=CC3=[N+](CCC(N)=O)C2=O)cn1. The maximum Gasteiger partial charge on any atom is 0.501 e. The van der Waals surface area contributed by atoms with Crippen LogP contribution in [0.2, 0.25) is 0 Å². The van der Waals surface area contributed by atoms with E-state index >= 15 is 0 Å². The predicted octanol–water partition coefficient (Wildman–Crippen LogP) is -0.452. The minimum absolute atomic E-state index is 0.0320. The minimum atomic E-state index is -3.77. The molecule has 1 fully saturated rings. The lowest BCUT2D eigenvalue weighted by Crippen LogP contribution is -2.52. The summed E-state index contributed by atoms with van der Waals surface area (Å²) in [5.41, 5.74) is 5.78. The minimum Gasteiger partial charge on any atom is -0.370 e. The van der Waals surface area contributed by atoms with Gasteiger partial charge in [0.1, 0.15) is 29.6 Å². The third-order valence-corrected chi connectivity index (χ3v) is 7.49. The Labute approximate surface area is 185 Å². The van der Waals surface area contributed by atoms with Crippen LogP contribution in [0.3, 0.4) is 0 Å². The van der Waals surface area contributed by atoms with Crippen LogP contribution in [0.25, 0.3) is 0 Å². The number of nitrogens with one attached hydrogen (secondary N) is 1. The van der Waals surface area contributed by atoms with Crippen molar-refractivity contribution in [3.05, 3.63) is 41.8 Å². The molecule has 0 radical (unpaired) electrons. The zero-order valence-electron chi connectivity index (χ0n) is 17.8.